The first-order chi connectivity index (χ1) is 15.0. The minimum Gasteiger partial charge on any atom is -0.452 e. The highest BCUT2D eigenvalue weighted by molar-refractivity contribution is 6.15. The number of Topliss-reactive ketones (excluding diaryl/α,β-unsaturated/α-hetero) is 1. The average Bonchev–Trinajstić information content (AvgIpc) is 3.25. The van der Waals surface area contributed by atoms with Crippen molar-refractivity contribution < 1.29 is 23.5 Å². The van der Waals surface area contributed by atoms with Gasteiger partial charge in [-0.1, -0.05) is 30.3 Å². The first kappa shape index (κ1) is 18.8. The van der Waals surface area contributed by atoms with Crippen LogP contribution in [0.25, 0.3) is 17.0 Å². The topological polar surface area (TPSA) is 57.5 Å². The Bertz CT molecular complexity index is 1400. The van der Waals surface area contributed by atoms with Crippen LogP contribution >= 0.6 is 0 Å². The summed E-state index contributed by atoms with van der Waals surface area (Å²) in [6.07, 6.45) is 3.63. The number of rotatable bonds is 3. The van der Waals surface area contributed by atoms with Crippen LogP contribution < -0.4 is 9.47 Å². The summed E-state index contributed by atoms with van der Waals surface area (Å²) in [5.74, 6) is -1.12. The largest absolute Gasteiger partial charge is 0.452 e. The summed E-state index contributed by atoms with van der Waals surface area (Å²) in [4.78, 5) is 25.0. The van der Waals surface area contributed by atoms with E-state index in [4.69, 9.17) is 9.47 Å². The molecule has 0 atom stereocenters. The molecule has 0 spiro atoms. The molecule has 0 saturated heterocycles. The van der Waals surface area contributed by atoms with Gasteiger partial charge in [-0.05, 0) is 36.4 Å². The Labute approximate surface area is 176 Å². The highest BCUT2D eigenvalue weighted by Crippen LogP contribution is 2.36. The molecule has 0 N–H and O–H groups in total. The quantitative estimate of drug-likeness (QED) is 0.265. The fourth-order valence-electron chi connectivity index (χ4n) is 3.65. The van der Waals surface area contributed by atoms with Crippen molar-refractivity contribution in [2.75, 3.05) is 0 Å². The van der Waals surface area contributed by atoms with E-state index in [1.54, 1.807) is 12.1 Å². The van der Waals surface area contributed by atoms with Gasteiger partial charge in [0, 0.05) is 35.8 Å². The zero-order valence-electron chi connectivity index (χ0n) is 16.5. The number of esters is 1. The van der Waals surface area contributed by atoms with Crippen molar-refractivity contribution in [1.29, 1.82) is 0 Å². The van der Waals surface area contributed by atoms with E-state index in [0.29, 0.717) is 5.56 Å². The Morgan fingerprint density at radius 2 is 1.84 bits per heavy atom. The fourth-order valence-corrected chi connectivity index (χ4v) is 3.65. The number of ketones is 1. The monoisotopic (exact) mass is 413 g/mol. The van der Waals surface area contributed by atoms with E-state index < -0.39 is 11.8 Å². The molecule has 0 radical (unpaired) electrons. The number of carbonyl (C=O) groups is 2. The number of nitrogens with zero attached hydrogens (tertiary/aromatic N) is 1. The summed E-state index contributed by atoms with van der Waals surface area (Å²) in [7, 11) is 1.94. The number of allylic oxidation sites excluding steroid dienone is 1. The lowest BCUT2D eigenvalue weighted by Gasteiger charge is -2.06. The van der Waals surface area contributed by atoms with Crippen molar-refractivity contribution in [2.45, 2.75) is 0 Å². The highest BCUT2D eigenvalue weighted by Gasteiger charge is 2.28. The molecule has 5 nitrogen and oxygen atoms in total. The molecule has 1 aromatic heterocycles. The summed E-state index contributed by atoms with van der Waals surface area (Å²) in [5.41, 5.74) is 2.11. The van der Waals surface area contributed by atoms with E-state index in [1.165, 1.54) is 36.4 Å². The van der Waals surface area contributed by atoms with Crippen LogP contribution in [0.15, 0.2) is 78.7 Å². The van der Waals surface area contributed by atoms with Crippen LogP contribution in [0.5, 0.6) is 11.5 Å². The van der Waals surface area contributed by atoms with Gasteiger partial charge in [0.05, 0.1) is 11.1 Å². The molecule has 0 aliphatic carbocycles. The van der Waals surface area contributed by atoms with Gasteiger partial charge >= 0.3 is 5.97 Å². The van der Waals surface area contributed by atoms with E-state index in [2.05, 4.69) is 0 Å². The number of ether oxygens (including phenoxy) is 2. The minimum absolute atomic E-state index is 0.159. The minimum atomic E-state index is -0.825. The lowest BCUT2D eigenvalue weighted by molar-refractivity contribution is 0.0729. The van der Waals surface area contributed by atoms with E-state index in [-0.39, 0.29) is 28.6 Å². The number of aromatic nitrogens is 1. The number of fused-ring (bicyclic) bond motifs is 2. The maximum Gasteiger partial charge on any atom is 0.346 e. The van der Waals surface area contributed by atoms with Crippen LogP contribution in [0.3, 0.4) is 0 Å². The molecule has 152 valence electrons. The molecule has 1 aliphatic heterocycles. The Balaban J connectivity index is 1.43. The van der Waals surface area contributed by atoms with E-state index in [9.17, 15) is 14.0 Å². The maximum atomic E-state index is 13.8. The van der Waals surface area contributed by atoms with Crippen LogP contribution in [0.2, 0.25) is 0 Å². The molecular formula is C25H16FNO4. The van der Waals surface area contributed by atoms with Gasteiger partial charge in [0.25, 0.3) is 0 Å². The molecule has 0 fully saturated rings. The Kier molecular flexibility index (Phi) is 4.40. The molecule has 0 bridgehead atoms. The number of halogens is 1. The lowest BCUT2D eigenvalue weighted by Crippen LogP contribution is -2.10. The second-order valence-corrected chi connectivity index (χ2v) is 7.18. The highest BCUT2D eigenvalue weighted by atomic mass is 19.1. The zero-order valence-corrected chi connectivity index (χ0v) is 16.5. The van der Waals surface area contributed by atoms with Gasteiger partial charge in [0.15, 0.2) is 5.76 Å². The van der Waals surface area contributed by atoms with Gasteiger partial charge in [0.1, 0.15) is 17.3 Å². The van der Waals surface area contributed by atoms with Crippen LogP contribution in [0.1, 0.15) is 26.3 Å². The molecule has 1 aliphatic rings. The van der Waals surface area contributed by atoms with Crippen LogP contribution in [-0.2, 0) is 7.05 Å². The second-order valence-electron chi connectivity index (χ2n) is 7.18. The number of hydrogen-bond acceptors (Lipinski definition) is 4. The number of benzene rings is 3. The standard InChI is InChI=1S/C25H16FNO4/c1-27-14-15(17-6-3-5-9-21(17)27)12-23-24(28)19-11-10-16(13-22(19)31-23)30-25(29)18-7-2-4-8-20(18)26/h2-14H,1H3/b23-12+. The number of aryl methyl sites for hydroxylation is 1. The first-order valence-corrected chi connectivity index (χ1v) is 9.60. The molecule has 5 rings (SSSR count). The van der Waals surface area contributed by atoms with Gasteiger partial charge < -0.3 is 14.0 Å². The summed E-state index contributed by atoms with van der Waals surface area (Å²) in [6, 6.07) is 17.9. The third kappa shape index (κ3) is 3.28. The molecule has 3 aromatic carbocycles. The van der Waals surface area contributed by atoms with Gasteiger partial charge in [-0.3, -0.25) is 4.79 Å². The third-order valence-corrected chi connectivity index (χ3v) is 5.16. The van der Waals surface area contributed by atoms with Gasteiger partial charge in [-0.2, -0.15) is 0 Å². The van der Waals surface area contributed by atoms with Gasteiger partial charge in [0.2, 0.25) is 5.78 Å². The molecule has 0 amide bonds. The smallest absolute Gasteiger partial charge is 0.346 e. The van der Waals surface area contributed by atoms with Crippen molar-refractivity contribution >= 4 is 28.7 Å². The fraction of sp³-hybridized carbons (Fsp3) is 0.0400. The zero-order chi connectivity index (χ0) is 21.5. The van der Waals surface area contributed by atoms with Crippen molar-refractivity contribution in [3.8, 4) is 11.5 Å². The SMILES string of the molecule is Cn1cc(/C=C2/Oc3cc(OC(=O)c4ccccc4F)ccc3C2=O)c2ccccc21. The Morgan fingerprint density at radius 3 is 2.68 bits per heavy atom. The van der Waals surface area contributed by atoms with Crippen molar-refractivity contribution in [2.24, 2.45) is 7.05 Å². The molecule has 4 aromatic rings. The van der Waals surface area contributed by atoms with Gasteiger partial charge in [-0.25, -0.2) is 9.18 Å². The van der Waals surface area contributed by atoms with Crippen LogP contribution in [0, 0.1) is 5.82 Å². The van der Waals surface area contributed by atoms with E-state index in [0.717, 1.165) is 16.5 Å². The molecular weight excluding hydrogens is 397 g/mol. The predicted molar refractivity (Wildman–Crippen MR) is 114 cm³/mol. The summed E-state index contributed by atoms with van der Waals surface area (Å²) in [6.45, 7) is 0. The number of carbonyl (C=O) groups excluding carboxylic acids is 2. The van der Waals surface area contributed by atoms with Crippen molar-refractivity contribution in [3.05, 3.63) is 101 Å². The molecule has 31 heavy (non-hydrogen) atoms. The summed E-state index contributed by atoms with van der Waals surface area (Å²) < 4.78 is 26.8. The lowest BCUT2D eigenvalue weighted by atomic mass is 10.1. The summed E-state index contributed by atoms with van der Waals surface area (Å²) in [5, 5.41) is 1.00. The Hall–Kier alpha value is -4.19. The number of para-hydroxylation sites is 1. The van der Waals surface area contributed by atoms with E-state index in [1.807, 2.05) is 42.1 Å². The first-order valence-electron chi connectivity index (χ1n) is 9.60. The molecule has 6 heteroatoms. The van der Waals surface area contributed by atoms with Gasteiger partial charge in [-0.15, -0.1) is 0 Å². The summed E-state index contributed by atoms with van der Waals surface area (Å²) >= 11 is 0. The molecule has 0 saturated carbocycles. The second kappa shape index (κ2) is 7.25. The number of hydrogen-bond donors (Lipinski definition) is 0. The van der Waals surface area contributed by atoms with Crippen molar-refractivity contribution in [1.82, 2.24) is 4.57 Å². The van der Waals surface area contributed by atoms with E-state index >= 15 is 0 Å². The molecule has 0 unspecified atom stereocenters. The Morgan fingerprint density at radius 1 is 1.06 bits per heavy atom. The molecule has 2 heterocycles. The average molecular weight is 413 g/mol. The van der Waals surface area contributed by atoms with Crippen LogP contribution in [0.4, 0.5) is 4.39 Å². The van der Waals surface area contributed by atoms with Crippen molar-refractivity contribution in [3.63, 3.8) is 0 Å². The maximum absolute atomic E-state index is 13.8. The predicted octanol–water partition coefficient (Wildman–Crippen LogP) is 5.15. The normalized spacial score (nSPS) is 14.0. The third-order valence-electron chi connectivity index (χ3n) is 5.16. The van der Waals surface area contributed by atoms with Crippen LogP contribution in [-0.4, -0.2) is 16.3 Å².